The summed E-state index contributed by atoms with van der Waals surface area (Å²) in [4.78, 5) is 12.6. The fourth-order valence-electron chi connectivity index (χ4n) is 2.41. The number of carbonyl (C=O) groups excluding carboxylic acids is 1. The minimum Gasteiger partial charge on any atom is -0.497 e. The van der Waals surface area contributed by atoms with Gasteiger partial charge in [0.15, 0.2) is 0 Å². The summed E-state index contributed by atoms with van der Waals surface area (Å²) >= 11 is 0. The van der Waals surface area contributed by atoms with Gasteiger partial charge in [-0.15, -0.1) is 5.10 Å². The maximum atomic E-state index is 12.6. The van der Waals surface area contributed by atoms with E-state index in [1.807, 2.05) is 18.2 Å². The molecule has 128 valence electrons. The van der Waals surface area contributed by atoms with Crippen molar-refractivity contribution in [3.05, 3.63) is 59.9 Å². The lowest BCUT2D eigenvalue weighted by atomic mass is 10.1. The largest absolute Gasteiger partial charge is 0.497 e. The van der Waals surface area contributed by atoms with Gasteiger partial charge in [-0.25, -0.2) is 0 Å². The Bertz CT molecular complexity index is 864. The molecule has 0 aliphatic heterocycles. The van der Waals surface area contributed by atoms with Gasteiger partial charge in [-0.05, 0) is 34.7 Å². The van der Waals surface area contributed by atoms with E-state index in [9.17, 15) is 4.79 Å². The highest BCUT2D eigenvalue weighted by Crippen LogP contribution is 2.24. The van der Waals surface area contributed by atoms with E-state index in [1.165, 1.54) is 11.0 Å². The van der Waals surface area contributed by atoms with Crippen LogP contribution in [0.3, 0.4) is 0 Å². The van der Waals surface area contributed by atoms with Crippen LogP contribution in [0.1, 0.15) is 15.9 Å². The number of hydrogen-bond donors (Lipinski definition) is 1. The van der Waals surface area contributed by atoms with E-state index < -0.39 is 0 Å². The number of aromatic nitrogens is 4. The second-order valence-electron chi connectivity index (χ2n) is 5.13. The summed E-state index contributed by atoms with van der Waals surface area (Å²) in [6.07, 6.45) is 1.44. The van der Waals surface area contributed by atoms with Crippen molar-refractivity contribution in [1.29, 1.82) is 0 Å². The van der Waals surface area contributed by atoms with Crippen molar-refractivity contribution >= 4 is 5.91 Å². The number of amides is 1. The highest BCUT2D eigenvalue weighted by molar-refractivity contribution is 5.97. The number of nitrogens with one attached hydrogen (secondary N) is 1. The molecule has 0 aliphatic rings. The quantitative estimate of drug-likeness (QED) is 0.734. The Morgan fingerprint density at radius 2 is 2.00 bits per heavy atom. The van der Waals surface area contributed by atoms with Crippen LogP contribution in [0, 0.1) is 0 Å². The molecule has 3 aromatic rings. The normalized spacial score (nSPS) is 10.3. The monoisotopic (exact) mass is 339 g/mol. The molecule has 0 atom stereocenters. The topological polar surface area (TPSA) is 91.2 Å². The van der Waals surface area contributed by atoms with Gasteiger partial charge in [0.1, 0.15) is 17.8 Å². The molecule has 1 N–H and O–H groups in total. The van der Waals surface area contributed by atoms with E-state index >= 15 is 0 Å². The van der Waals surface area contributed by atoms with Crippen LogP contribution in [0.15, 0.2) is 48.8 Å². The molecule has 25 heavy (non-hydrogen) atoms. The molecular formula is C17H17N5O3. The smallest absolute Gasteiger partial charge is 0.253 e. The molecule has 0 fully saturated rings. The van der Waals surface area contributed by atoms with Crippen molar-refractivity contribution in [1.82, 2.24) is 25.5 Å². The highest BCUT2D eigenvalue weighted by Gasteiger charge is 2.14. The van der Waals surface area contributed by atoms with Gasteiger partial charge < -0.3 is 14.8 Å². The average molecular weight is 339 g/mol. The van der Waals surface area contributed by atoms with Crippen molar-refractivity contribution in [2.45, 2.75) is 6.54 Å². The van der Waals surface area contributed by atoms with Crippen LogP contribution < -0.4 is 14.8 Å². The first kappa shape index (κ1) is 16.4. The number of rotatable bonds is 6. The van der Waals surface area contributed by atoms with Gasteiger partial charge in [0, 0.05) is 18.2 Å². The lowest BCUT2D eigenvalue weighted by Gasteiger charge is -2.12. The number of hydrogen-bond acceptors (Lipinski definition) is 6. The first-order valence-electron chi connectivity index (χ1n) is 7.54. The first-order chi connectivity index (χ1) is 12.2. The summed E-state index contributed by atoms with van der Waals surface area (Å²) in [7, 11) is 3.17. The molecule has 0 saturated carbocycles. The molecule has 1 heterocycles. The van der Waals surface area contributed by atoms with Crippen LogP contribution in [0.25, 0.3) is 5.69 Å². The summed E-state index contributed by atoms with van der Waals surface area (Å²) in [6, 6.07) is 12.6. The number of benzene rings is 2. The van der Waals surface area contributed by atoms with Crippen LogP contribution in [0.5, 0.6) is 11.5 Å². The Hall–Kier alpha value is -3.42. The van der Waals surface area contributed by atoms with Crippen molar-refractivity contribution in [2.24, 2.45) is 0 Å². The van der Waals surface area contributed by atoms with E-state index in [2.05, 4.69) is 20.8 Å². The summed E-state index contributed by atoms with van der Waals surface area (Å²) in [6.45, 7) is 0.315. The minimum atomic E-state index is -0.232. The third-order valence-electron chi connectivity index (χ3n) is 3.68. The predicted molar refractivity (Wildman–Crippen MR) is 89.9 cm³/mol. The van der Waals surface area contributed by atoms with Gasteiger partial charge in [-0.3, -0.25) is 4.79 Å². The maximum absolute atomic E-state index is 12.6. The lowest BCUT2D eigenvalue weighted by molar-refractivity contribution is 0.0950. The summed E-state index contributed by atoms with van der Waals surface area (Å²) < 4.78 is 12.0. The van der Waals surface area contributed by atoms with Gasteiger partial charge in [-0.1, -0.05) is 12.1 Å². The van der Waals surface area contributed by atoms with Crippen LogP contribution in [0.4, 0.5) is 0 Å². The Labute approximate surface area is 144 Å². The van der Waals surface area contributed by atoms with Gasteiger partial charge >= 0.3 is 0 Å². The third kappa shape index (κ3) is 3.57. The second-order valence-corrected chi connectivity index (χ2v) is 5.13. The van der Waals surface area contributed by atoms with Crippen molar-refractivity contribution in [2.75, 3.05) is 14.2 Å². The van der Waals surface area contributed by atoms with E-state index in [0.717, 1.165) is 5.56 Å². The summed E-state index contributed by atoms with van der Waals surface area (Å²) in [5.41, 5.74) is 1.92. The van der Waals surface area contributed by atoms with Crippen LogP contribution in [-0.2, 0) is 6.54 Å². The average Bonchev–Trinajstić information content (AvgIpc) is 3.20. The molecule has 0 unspecified atom stereocenters. The molecule has 1 aromatic heterocycles. The molecule has 8 heteroatoms. The number of carbonyl (C=O) groups is 1. The third-order valence-corrected chi connectivity index (χ3v) is 3.68. The zero-order valence-corrected chi connectivity index (χ0v) is 13.8. The molecule has 8 nitrogen and oxygen atoms in total. The van der Waals surface area contributed by atoms with Gasteiger partial charge in [0.05, 0.1) is 25.5 Å². The summed E-state index contributed by atoms with van der Waals surface area (Å²) in [5.74, 6) is 1.10. The Balaban J connectivity index is 1.78. The number of tetrazole rings is 1. The molecule has 3 rings (SSSR count). The zero-order chi connectivity index (χ0) is 17.6. The Morgan fingerprint density at radius 3 is 2.72 bits per heavy atom. The van der Waals surface area contributed by atoms with Gasteiger partial charge in [-0.2, -0.15) is 4.68 Å². The lowest BCUT2D eigenvalue weighted by Crippen LogP contribution is -2.24. The van der Waals surface area contributed by atoms with E-state index in [0.29, 0.717) is 29.3 Å². The maximum Gasteiger partial charge on any atom is 0.253 e. The number of nitrogens with zero attached hydrogens (tertiary/aromatic N) is 4. The molecule has 0 aliphatic carbocycles. The molecule has 0 radical (unpaired) electrons. The van der Waals surface area contributed by atoms with Crippen molar-refractivity contribution < 1.29 is 14.3 Å². The molecule has 0 bridgehead atoms. The number of ether oxygens (including phenoxy) is 2. The molecule has 0 spiro atoms. The number of methoxy groups -OCH3 is 2. The highest BCUT2D eigenvalue weighted by atomic mass is 16.5. The molecular weight excluding hydrogens is 322 g/mol. The predicted octanol–water partition coefficient (Wildman–Crippen LogP) is 1.61. The first-order valence-corrected chi connectivity index (χ1v) is 7.54. The van der Waals surface area contributed by atoms with E-state index in [-0.39, 0.29) is 5.91 Å². The fraction of sp³-hybridized carbons (Fsp3) is 0.176. The van der Waals surface area contributed by atoms with Crippen molar-refractivity contribution in [3.63, 3.8) is 0 Å². The summed E-state index contributed by atoms with van der Waals surface area (Å²) in [5, 5.41) is 13.9. The molecule has 1 amide bonds. The van der Waals surface area contributed by atoms with E-state index in [4.69, 9.17) is 9.47 Å². The van der Waals surface area contributed by atoms with Crippen LogP contribution >= 0.6 is 0 Å². The molecule has 0 saturated heterocycles. The van der Waals surface area contributed by atoms with Crippen LogP contribution in [-0.4, -0.2) is 40.3 Å². The van der Waals surface area contributed by atoms with Crippen LogP contribution in [0.2, 0.25) is 0 Å². The SMILES string of the molecule is COc1ccc(CNC(=O)c2ccccc2-n2cnnn2)c(OC)c1. The Kier molecular flexibility index (Phi) is 4.89. The van der Waals surface area contributed by atoms with E-state index in [1.54, 1.807) is 38.5 Å². The zero-order valence-electron chi connectivity index (χ0n) is 13.8. The second kappa shape index (κ2) is 7.43. The van der Waals surface area contributed by atoms with Gasteiger partial charge in [0.25, 0.3) is 5.91 Å². The standard InChI is InChI=1S/C17H17N5O3/c1-24-13-8-7-12(16(9-13)25-2)10-18-17(23)14-5-3-4-6-15(14)22-11-19-20-21-22/h3-9,11H,10H2,1-2H3,(H,18,23). The van der Waals surface area contributed by atoms with Crippen molar-refractivity contribution in [3.8, 4) is 17.2 Å². The molecule has 2 aromatic carbocycles. The Morgan fingerprint density at radius 1 is 1.16 bits per heavy atom. The number of para-hydroxylation sites is 1. The minimum absolute atomic E-state index is 0.232. The fourth-order valence-corrected chi connectivity index (χ4v) is 2.41. The van der Waals surface area contributed by atoms with Gasteiger partial charge in [0.2, 0.25) is 0 Å².